The molecule has 0 fully saturated rings. The molecule has 0 unspecified atom stereocenters. The molecule has 0 bridgehead atoms. The standard InChI is InChI=1S/C59H41N3/c1-59(2)52-26-13-11-22-46(52)50-24-15-25-51(57(50)59)54-37-53(60-58(61-54)40-16-5-3-6-17-40)47-35-34-43(44-20-9-10-21-45(44)47)39-30-28-38(29-31-39)41-32-33-49-48-23-12-14-27-55(48)62(56(49)36-41)42-18-7-4-8-19-42/h3-37H,1-2H3. The second-order valence-corrected chi connectivity index (χ2v) is 16.9. The van der Waals surface area contributed by atoms with E-state index < -0.39 is 0 Å². The highest BCUT2D eigenvalue weighted by atomic mass is 15.0. The number of benzene rings is 9. The Morgan fingerprint density at radius 1 is 0.355 bits per heavy atom. The molecule has 292 valence electrons. The van der Waals surface area contributed by atoms with Crippen molar-refractivity contribution >= 4 is 32.6 Å². The van der Waals surface area contributed by atoms with Gasteiger partial charge >= 0.3 is 0 Å². The largest absolute Gasteiger partial charge is 0.309 e. The summed E-state index contributed by atoms with van der Waals surface area (Å²) in [6.07, 6.45) is 0. The van der Waals surface area contributed by atoms with Crippen molar-refractivity contribution in [3.63, 3.8) is 0 Å². The van der Waals surface area contributed by atoms with Gasteiger partial charge in [0, 0.05) is 38.6 Å². The Kier molecular flexibility index (Phi) is 8.20. The van der Waals surface area contributed by atoms with Crippen LogP contribution in [0.4, 0.5) is 0 Å². The number of hydrogen-bond acceptors (Lipinski definition) is 2. The molecule has 2 heterocycles. The molecule has 0 atom stereocenters. The molecule has 0 saturated carbocycles. The fourth-order valence-electron chi connectivity index (χ4n) is 10.1. The molecule has 12 rings (SSSR count). The summed E-state index contributed by atoms with van der Waals surface area (Å²) in [6, 6.07) is 76.6. The molecule has 1 aliphatic rings. The summed E-state index contributed by atoms with van der Waals surface area (Å²) in [6.45, 7) is 4.68. The van der Waals surface area contributed by atoms with Crippen molar-refractivity contribution in [3.8, 4) is 73.0 Å². The minimum absolute atomic E-state index is 0.181. The summed E-state index contributed by atoms with van der Waals surface area (Å²) in [5.41, 5.74) is 18.4. The first kappa shape index (κ1) is 36.0. The fraction of sp³-hybridized carbons (Fsp3) is 0.0508. The van der Waals surface area contributed by atoms with E-state index in [1.165, 1.54) is 71.7 Å². The summed E-state index contributed by atoms with van der Waals surface area (Å²) in [7, 11) is 0. The van der Waals surface area contributed by atoms with Gasteiger partial charge in [-0.2, -0.15) is 0 Å². The molecular weight excluding hydrogens is 751 g/mol. The maximum absolute atomic E-state index is 5.32. The summed E-state index contributed by atoms with van der Waals surface area (Å²) in [5.74, 6) is 0.718. The van der Waals surface area contributed by atoms with E-state index in [1.54, 1.807) is 0 Å². The molecule has 62 heavy (non-hydrogen) atoms. The lowest BCUT2D eigenvalue weighted by Gasteiger charge is -2.24. The number of nitrogens with zero attached hydrogens (tertiary/aromatic N) is 3. The van der Waals surface area contributed by atoms with E-state index in [-0.39, 0.29) is 5.41 Å². The first-order chi connectivity index (χ1) is 30.5. The zero-order chi connectivity index (χ0) is 41.4. The van der Waals surface area contributed by atoms with Gasteiger partial charge in [0.2, 0.25) is 0 Å². The van der Waals surface area contributed by atoms with Crippen LogP contribution in [-0.2, 0) is 5.41 Å². The SMILES string of the molecule is CC1(C)c2ccccc2-c2cccc(-c3cc(-c4ccc(-c5ccc(-c6ccc7c8ccccc8n(-c8ccccc8)c7c6)cc5)c5ccccc45)nc(-c4ccccc4)n3)c21. The first-order valence-electron chi connectivity index (χ1n) is 21.4. The summed E-state index contributed by atoms with van der Waals surface area (Å²) in [4.78, 5) is 10.6. The Hall–Kier alpha value is -7.88. The molecule has 0 aliphatic heterocycles. The predicted octanol–water partition coefficient (Wildman–Crippen LogP) is 15.4. The van der Waals surface area contributed by atoms with Crippen molar-refractivity contribution in [2.24, 2.45) is 0 Å². The highest BCUT2D eigenvalue weighted by Crippen LogP contribution is 2.52. The Bertz CT molecular complexity index is 3520. The Morgan fingerprint density at radius 3 is 1.71 bits per heavy atom. The van der Waals surface area contributed by atoms with Gasteiger partial charge in [-0.05, 0) is 85.6 Å². The van der Waals surface area contributed by atoms with E-state index >= 15 is 0 Å². The second-order valence-electron chi connectivity index (χ2n) is 16.9. The van der Waals surface area contributed by atoms with Gasteiger partial charge in [0.05, 0.1) is 22.4 Å². The van der Waals surface area contributed by atoms with E-state index in [1.807, 2.05) is 6.07 Å². The topological polar surface area (TPSA) is 30.7 Å². The zero-order valence-electron chi connectivity index (χ0n) is 34.5. The lowest BCUT2D eigenvalue weighted by molar-refractivity contribution is 0.662. The lowest BCUT2D eigenvalue weighted by atomic mass is 9.79. The Balaban J connectivity index is 0.963. The molecule has 0 amide bonds. The molecule has 3 heteroatoms. The monoisotopic (exact) mass is 791 g/mol. The van der Waals surface area contributed by atoms with Crippen LogP contribution in [0.2, 0.25) is 0 Å². The maximum Gasteiger partial charge on any atom is 0.160 e. The molecule has 2 aromatic heterocycles. The quantitative estimate of drug-likeness (QED) is 0.168. The maximum atomic E-state index is 5.32. The van der Waals surface area contributed by atoms with Crippen LogP contribution >= 0.6 is 0 Å². The predicted molar refractivity (Wildman–Crippen MR) is 259 cm³/mol. The summed E-state index contributed by atoms with van der Waals surface area (Å²) < 4.78 is 2.38. The molecule has 0 radical (unpaired) electrons. The van der Waals surface area contributed by atoms with Gasteiger partial charge in [-0.15, -0.1) is 0 Å². The molecule has 11 aromatic rings. The van der Waals surface area contributed by atoms with E-state index in [0.29, 0.717) is 0 Å². The molecular formula is C59H41N3. The molecule has 9 aromatic carbocycles. The van der Waals surface area contributed by atoms with Gasteiger partial charge in [0.15, 0.2) is 5.82 Å². The van der Waals surface area contributed by atoms with Crippen LogP contribution in [0.5, 0.6) is 0 Å². The molecule has 0 spiro atoms. The third kappa shape index (κ3) is 5.66. The van der Waals surface area contributed by atoms with Crippen molar-refractivity contribution in [1.29, 1.82) is 0 Å². The molecule has 3 nitrogen and oxygen atoms in total. The van der Waals surface area contributed by atoms with Crippen LogP contribution in [0.1, 0.15) is 25.0 Å². The molecule has 0 saturated heterocycles. The van der Waals surface area contributed by atoms with E-state index in [9.17, 15) is 0 Å². The average molecular weight is 792 g/mol. The highest BCUT2D eigenvalue weighted by Gasteiger charge is 2.37. The third-order valence-corrected chi connectivity index (χ3v) is 13.0. The Morgan fingerprint density at radius 2 is 0.919 bits per heavy atom. The average Bonchev–Trinajstić information content (AvgIpc) is 3.79. The van der Waals surface area contributed by atoms with Crippen LogP contribution in [0.3, 0.4) is 0 Å². The van der Waals surface area contributed by atoms with Crippen molar-refractivity contribution in [2.75, 3.05) is 0 Å². The van der Waals surface area contributed by atoms with Crippen molar-refractivity contribution in [1.82, 2.24) is 14.5 Å². The Labute approximate surface area is 361 Å². The van der Waals surface area contributed by atoms with E-state index in [4.69, 9.17) is 9.97 Å². The number of rotatable bonds is 6. The van der Waals surface area contributed by atoms with E-state index in [2.05, 4.69) is 225 Å². The van der Waals surface area contributed by atoms with Crippen LogP contribution < -0.4 is 0 Å². The van der Waals surface area contributed by atoms with Gasteiger partial charge in [0.25, 0.3) is 0 Å². The van der Waals surface area contributed by atoms with E-state index in [0.717, 1.165) is 45.0 Å². The number of para-hydroxylation sites is 2. The summed E-state index contributed by atoms with van der Waals surface area (Å²) >= 11 is 0. The van der Waals surface area contributed by atoms with Crippen LogP contribution in [-0.4, -0.2) is 14.5 Å². The van der Waals surface area contributed by atoms with Gasteiger partial charge in [0.1, 0.15) is 0 Å². The van der Waals surface area contributed by atoms with Crippen molar-refractivity contribution in [3.05, 3.63) is 223 Å². The highest BCUT2D eigenvalue weighted by molar-refractivity contribution is 6.10. The fourth-order valence-corrected chi connectivity index (χ4v) is 10.1. The van der Waals surface area contributed by atoms with Crippen LogP contribution in [0.25, 0.3) is 106 Å². The number of hydrogen-bond donors (Lipinski definition) is 0. The summed E-state index contributed by atoms with van der Waals surface area (Å²) in [5, 5.41) is 4.86. The van der Waals surface area contributed by atoms with Gasteiger partial charge < -0.3 is 4.57 Å². The van der Waals surface area contributed by atoms with Crippen LogP contribution in [0, 0.1) is 0 Å². The minimum atomic E-state index is -0.181. The zero-order valence-corrected chi connectivity index (χ0v) is 34.5. The lowest BCUT2D eigenvalue weighted by Crippen LogP contribution is -2.16. The molecule has 0 N–H and O–H groups in total. The van der Waals surface area contributed by atoms with Crippen molar-refractivity contribution < 1.29 is 0 Å². The van der Waals surface area contributed by atoms with Gasteiger partial charge in [-0.25, -0.2) is 9.97 Å². The second kappa shape index (κ2) is 14.1. The number of fused-ring (bicyclic) bond motifs is 7. The van der Waals surface area contributed by atoms with Crippen molar-refractivity contribution in [2.45, 2.75) is 19.3 Å². The smallest absolute Gasteiger partial charge is 0.160 e. The number of aromatic nitrogens is 3. The molecule has 1 aliphatic carbocycles. The third-order valence-electron chi connectivity index (χ3n) is 13.0. The normalized spacial score (nSPS) is 12.8. The van der Waals surface area contributed by atoms with Crippen LogP contribution in [0.15, 0.2) is 212 Å². The van der Waals surface area contributed by atoms with Gasteiger partial charge in [-0.3, -0.25) is 0 Å². The first-order valence-corrected chi connectivity index (χ1v) is 21.4. The van der Waals surface area contributed by atoms with Gasteiger partial charge in [-0.1, -0.05) is 196 Å². The minimum Gasteiger partial charge on any atom is -0.309 e.